The summed E-state index contributed by atoms with van der Waals surface area (Å²) in [6.45, 7) is 1.54. The summed E-state index contributed by atoms with van der Waals surface area (Å²) in [5, 5.41) is 1.16. The van der Waals surface area contributed by atoms with Gasteiger partial charge in [-0.2, -0.15) is 0 Å². The molecule has 0 fully saturated rings. The van der Waals surface area contributed by atoms with E-state index in [0.717, 1.165) is 5.56 Å². The number of benzene rings is 2. The van der Waals surface area contributed by atoms with Crippen LogP contribution in [0.2, 0.25) is 15.1 Å². The zero-order valence-electron chi connectivity index (χ0n) is 12.5. The third kappa shape index (κ3) is 5.03. The molecule has 0 radical (unpaired) electrons. The van der Waals surface area contributed by atoms with Crippen molar-refractivity contribution in [2.45, 2.75) is 6.92 Å². The van der Waals surface area contributed by atoms with Crippen LogP contribution < -0.4 is 15.6 Å². The highest BCUT2D eigenvalue weighted by Crippen LogP contribution is 2.22. The lowest BCUT2D eigenvalue weighted by Crippen LogP contribution is -2.43. The molecule has 0 aliphatic rings. The molecule has 5 nitrogen and oxygen atoms in total. The molecule has 2 rings (SSSR count). The second kappa shape index (κ2) is 8.24. The highest BCUT2D eigenvalue weighted by atomic mass is 35.5. The molecule has 24 heavy (non-hydrogen) atoms. The largest absolute Gasteiger partial charge is 0.483 e. The minimum absolute atomic E-state index is 0.152. The quantitative estimate of drug-likeness (QED) is 0.784. The third-order valence-electron chi connectivity index (χ3n) is 2.98. The average molecular weight is 388 g/mol. The van der Waals surface area contributed by atoms with Gasteiger partial charge in [-0.05, 0) is 48.9 Å². The number of ether oxygens (including phenoxy) is 1. The first kappa shape index (κ1) is 18.4. The fraction of sp³-hybridized carbons (Fsp3) is 0.125. The Hall–Kier alpha value is -1.95. The van der Waals surface area contributed by atoms with Crippen LogP contribution in [0, 0.1) is 6.92 Å². The molecular formula is C16H13Cl3N2O3. The Bertz CT molecular complexity index is 781. The highest BCUT2D eigenvalue weighted by molar-refractivity contribution is 6.35. The monoisotopic (exact) mass is 386 g/mol. The molecule has 0 unspecified atom stereocenters. The van der Waals surface area contributed by atoms with E-state index >= 15 is 0 Å². The number of aryl methyl sites for hydroxylation is 1. The lowest BCUT2D eigenvalue weighted by Gasteiger charge is -2.11. The van der Waals surface area contributed by atoms with Crippen LogP contribution in [0.5, 0.6) is 5.75 Å². The van der Waals surface area contributed by atoms with Gasteiger partial charge in [0.1, 0.15) is 5.75 Å². The van der Waals surface area contributed by atoms with E-state index < -0.39 is 11.8 Å². The lowest BCUT2D eigenvalue weighted by molar-refractivity contribution is -0.123. The van der Waals surface area contributed by atoms with E-state index in [1.54, 1.807) is 24.3 Å². The van der Waals surface area contributed by atoms with Crippen LogP contribution in [-0.4, -0.2) is 18.4 Å². The molecule has 0 bridgehead atoms. The van der Waals surface area contributed by atoms with E-state index in [2.05, 4.69) is 10.9 Å². The topological polar surface area (TPSA) is 67.4 Å². The molecule has 126 valence electrons. The molecule has 0 spiro atoms. The van der Waals surface area contributed by atoms with Crippen LogP contribution in [0.3, 0.4) is 0 Å². The van der Waals surface area contributed by atoms with Gasteiger partial charge >= 0.3 is 0 Å². The van der Waals surface area contributed by atoms with E-state index in [0.29, 0.717) is 15.8 Å². The van der Waals surface area contributed by atoms with Gasteiger partial charge in [-0.25, -0.2) is 0 Å². The molecule has 2 aromatic carbocycles. The first-order valence-corrected chi connectivity index (χ1v) is 7.93. The van der Waals surface area contributed by atoms with Crippen molar-refractivity contribution in [3.05, 3.63) is 62.6 Å². The van der Waals surface area contributed by atoms with Gasteiger partial charge < -0.3 is 4.74 Å². The van der Waals surface area contributed by atoms with E-state index in [1.165, 1.54) is 12.1 Å². The van der Waals surface area contributed by atoms with E-state index in [-0.39, 0.29) is 17.2 Å². The maximum Gasteiger partial charge on any atom is 0.276 e. The minimum atomic E-state index is -0.585. The molecule has 0 aliphatic carbocycles. The first-order valence-electron chi connectivity index (χ1n) is 6.80. The van der Waals surface area contributed by atoms with Gasteiger partial charge in [0.2, 0.25) is 0 Å². The Morgan fingerprint density at radius 2 is 1.67 bits per heavy atom. The van der Waals surface area contributed by atoms with Crippen LogP contribution in [0.25, 0.3) is 0 Å². The van der Waals surface area contributed by atoms with Crippen LogP contribution in [0.15, 0.2) is 36.4 Å². The molecular weight excluding hydrogens is 375 g/mol. The number of nitrogens with one attached hydrogen (secondary N) is 2. The number of halogens is 3. The maximum absolute atomic E-state index is 12.0. The standard InChI is InChI=1S/C16H13Cl3N2O3/c1-9-6-10(17)3-5-14(9)24-8-15(22)20-21-16(23)12-7-11(18)2-4-13(12)19/h2-7H,8H2,1H3,(H,20,22)(H,21,23). The number of carbonyl (C=O) groups excluding carboxylic acids is 2. The Balaban J connectivity index is 1.86. The van der Waals surface area contributed by atoms with E-state index in [1.807, 2.05) is 6.92 Å². The number of hydrazine groups is 1. The summed E-state index contributed by atoms with van der Waals surface area (Å²) in [7, 11) is 0. The molecule has 0 aromatic heterocycles. The summed E-state index contributed by atoms with van der Waals surface area (Å²) in [5.41, 5.74) is 5.43. The van der Waals surface area contributed by atoms with Crippen molar-refractivity contribution in [2.75, 3.05) is 6.61 Å². The Kier molecular flexibility index (Phi) is 6.31. The van der Waals surface area contributed by atoms with Crippen molar-refractivity contribution >= 4 is 46.6 Å². The fourth-order valence-corrected chi connectivity index (χ4v) is 2.42. The fourth-order valence-electron chi connectivity index (χ4n) is 1.82. The summed E-state index contributed by atoms with van der Waals surface area (Å²) >= 11 is 17.6. The molecule has 2 N–H and O–H groups in total. The summed E-state index contributed by atoms with van der Waals surface area (Å²) in [4.78, 5) is 23.7. The van der Waals surface area contributed by atoms with Gasteiger partial charge in [0, 0.05) is 10.0 Å². The van der Waals surface area contributed by atoms with Gasteiger partial charge in [-0.3, -0.25) is 20.4 Å². The van der Waals surface area contributed by atoms with Crippen molar-refractivity contribution < 1.29 is 14.3 Å². The van der Waals surface area contributed by atoms with Gasteiger partial charge in [0.25, 0.3) is 11.8 Å². The van der Waals surface area contributed by atoms with Crippen molar-refractivity contribution in [3.8, 4) is 5.75 Å². The molecule has 2 amide bonds. The van der Waals surface area contributed by atoms with Crippen molar-refractivity contribution in [2.24, 2.45) is 0 Å². The van der Waals surface area contributed by atoms with E-state index in [9.17, 15) is 9.59 Å². The van der Waals surface area contributed by atoms with Crippen LogP contribution in [0.4, 0.5) is 0 Å². The number of hydrogen-bond donors (Lipinski definition) is 2. The zero-order valence-corrected chi connectivity index (χ0v) is 14.8. The Labute approximate surface area is 153 Å². The summed E-state index contributed by atoms with van der Waals surface area (Å²) in [5.74, 6) is -0.590. The summed E-state index contributed by atoms with van der Waals surface area (Å²) in [6, 6.07) is 9.49. The Morgan fingerprint density at radius 3 is 2.38 bits per heavy atom. The summed E-state index contributed by atoms with van der Waals surface area (Å²) in [6.07, 6.45) is 0. The van der Waals surface area contributed by atoms with E-state index in [4.69, 9.17) is 39.5 Å². The predicted molar refractivity (Wildman–Crippen MR) is 93.8 cm³/mol. The molecule has 0 atom stereocenters. The van der Waals surface area contributed by atoms with Gasteiger partial charge in [-0.1, -0.05) is 34.8 Å². The second-order valence-electron chi connectivity index (χ2n) is 4.82. The zero-order chi connectivity index (χ0) is 17.7. The summed E-state index contributed by atoms with van der Waals surface area (Å²) < 4.78 is 5.37. The number of amides is 2. The maximum atomic E-state index is 12.0. The van der Waals surface area contributed by atoms with Gasteiger partial charge in [0.15, 0.2) is 6.61 Å². The molecule has 2 aromatic rings. The van der Waals surface area contributed by atoms with Crippen LogP contribution in [-0.2, 0) is 4.79 Å². The van der Waals surface area contributed by atoms with Crippen molar-refractivity contribution in [3.63, 3.8) is 0 Å². The second-order valence-corrected chi connectivity index (χ2v) is 6.11. The minimum Gasteiger partial charge on any atom is -0.483 e. The van der Waals surface area contributed by atoms with Gasteiger partial charge in [-0.15, -0.1) is 0 Å². The lowest BCUT2D eigenvalue weighted by atomic mass is 10.2. The molecule has 0 aliphatic heterocycles. The Morgan fingerprint density at radius 1 is 1.00 bits per heavy atom. The number of carbonyl (C=O) groups is 2. The molecule has 0 saturated heterocycles. The van der Waals surface area contributed by atoms with Crippen LogP contribution in [0.1, 0.15) is 15.9 Å². The average Bonchev–Trinajstić information content (AvgIpc) is 2.54. The molecule has 0 heterocycles. The first-order chi connectivity index (χ1) is 11.4. The molecule has 8 heteroatoms. The van der Waals surface area contributed by atoms with Crippen LogP contribution >= 0.6 is 34.8 Å². The number of rotatable bonds is 4. The van der Waals surface area contributed by atoms with Crippen molar-refractivity contribution in [1.82, 2.24) is 10.9 Å². The predicted octanol–water partition coefficient (Wildman–Crippen LogP) is 3.80. The highest BCUT2D eigenvalue weighted by Gasteiger charge is 2.12. The number of hydrogen-bond acceptors (Lipinski definition) is 3. The SMILES string of the molecule is Cc1cc(Cl)ccc1OCC(=O)NNC(=O)c1cc(Cl)ccc1Cl. The van der Waals surface area contributed by atoms with Gasteiger partial charge in [0.05, 0.1) is 10.6 Å². The van der Waals surface area contributed by atoms with Crippen molar-refractivity contribution in [1.29, 1.82) is 0 Å². The normalized spacial score (nSPS) is 10.2. The molecule has 0 saturated carbocycles. The smallest absolute Gasteiger partial charge is 0.276 e. The third-order valence-corrected chi connectivity index (χ3v) is 3.78.